The summed E-state index contributed by atoms with van der Waals surface area (Å²) in [4.78, 5) is 22.9. The first-order valence-corrected chi connectivity index (χ1v) is 6.67. The SMILES string of the molecule is O=C(O)C1CC(c2cnc3ncc4ccc[nH]c4c23)C1. The molecule has 0 bridgehead atoms. The maximum absolute atomic E-state index is 10.9. The minimum absolute atomic E-state index is 0.211. The van der Waals surface area contributed by atoms with E-state index >= 15 is 0 Å². The predicted octanol–water partition coefficient (Wildman–Crippen LogP) is 2.69. The number of hydrogen-bond acceptors (Lipinski definition) is 3. The van der Waals surface area contributed by atoms with Gasteiger partial charge < -0.3 is 10.1 Å². The van der Waals surface area contributed by atoms with Gasteiger partial charge in [0.25, 0.3) is 0 Å². The van der Waals surface area contributed by atoms with E-state index in [1.54, 1.807) is 0 Å². The predicted molar refractivity (Wildman–Crippen MR) is 74.5 cm³/mol. The van der Waals surface area contributed by atoms with E-state index in [9.17, 15) is 4.79 Å². The third kappa shape index (κ3) is 1.52. The number of carboxylic acid groups (broad SMARTS) is 1. The van der Waals surface area contributed by atoms with Crippen LogP contribution in [-0.4, -0.2) is 26.0 Å². The van der Waals surface area contributed by atoms with E-state index < -0.39 is 5.97 Å². The number of aromatic nitrogens is 3. The Hall–Kier alpha value is -2.43. The van der Waals surface area contributed by atoms with Crippen LogP contribution in [0.25, 0.3) is 21.9 Å². The molecular weight excluding hydrogens is 254 g/mol. The molecule has 5 heteroatoms. The molecule has 3 aromatic heterocycles. The minimum Gasteiger partial charge on any atom is -0.481 e. The zero-order valence-corrected chi connectivity index (χ0v) is 10.7. The highest BCUT2D eigenvalue weighted by Crippen LogP contribution is 2.44. The molecule has 20 heavy (non-hydrogen) atoms. The van der Waals surface area contributed by atoms with Crippen LogP contribution in [0.1, 0.15) is 24.3 Å². The lowest BCUT2D eigenvalue weighted by Gasteiger charge is -2.32. The van der Waals surface area contributed by atoms with Crippen molar-refractivity contribution in [2.75, 3.05) is 0 Å². The van der Waals surface area contributed by atoms with Gasteiger partial charge in [0.2, 0.25) is 0 Å². The van der Waals surface area contributed by atoms with Crippen molar-refractivity contribution < 1.29 is 9.90 Å². The molecule has 2 N–H and O–H groups in total. The average molecular weight is 267 g/mol. The van der Waals surface area contributed by atoms with E-state index in [1.807, 2.05) is 30.7 Å². The number of aliphatic carboxylic acids is 1. The summed E-state index contributed by atoms with van der Waals surface area (Å²) in [5.41, 5.74) is 2.88. The summed E-state index contributed by atoms with van der Waals surface area (Å²) in [6.45, 7) is 0. The molecule has 0 unspecified atom stereocenters. The fraction of sp³-hybridized carbons (Fsp3) is 0.267. The Balaban J connectivity index is 1.85. The molecule has 5 nitrogen and oxygen atoms in total. The second-order valence-electron chi connectivity index (χ2n) is 5.37. The molecule has 1 fully saturated rings. The molecule has 0 spiro atoms. The third-order valence-corrected chi connectivity index (χ3v) is 4.23. The Morgan fingerprint density at radius 2 is 2.10 bits per heavy atom. The minimum atomic E-state index is -0.695. The number of carbonyl (C=O) groups is 1. The lowest BCUT2D eigenvalue weighted by Crippen LogP contribution is -2.28. The largest absolute Gasteiger partial charge is 0.481 e. The molecule has 0 radical (unpaired) electrons. The van der Waals surface area contributed by atoms with E-state index in [0.717, 1.165) is 27.5 Å². The van der Waals surface area contributed by atoms with Crippen LogP contribution in [0.2, 0.25) is 0 Å². The second kappa shape index (κ2) is 4.03. The molecule has 0 saturated heterocycles. The monoisotopic (exact) mass is 267 g/mol. The molecule has 1 aliphatic carbocycles. The highest BCUT2D eigenvalue weighted by Gasteiger charge is 2.36. The van der Waals surface area contributed by atoms with E-state index in [1.165, 1.54) is 0 Å². The molecule has 0 amide bonds. The lowest BCUT2D eigenvalue weighted by molar-refractivity contribution is -0.145. The molecule has 3 heterocycles. The number of fused-ring (bicyclic) bond motifs is 3. The normalized spacial score (nSPS) is 22.0. The molecule has 3 aromatic rings. The van der Waals surface area contributed by atoms with Crippen molar-refractivity contribution in [1.82, 2.24) is 15.0 Å². The average Bonchev–Trinajstić information content (AvgIpc) is 2.81. The number of pyridine rings is 2. The number of aromatic amines is 1. The van der Waals surface area contributed by atoms with Gasteiger partial charge in [-0.2, -0.15) is 0 Å². The van der Waals surface area contributed by atoms with Crippen LogP contribution in [0.3, 0.4) is 0 Å². The van der Waals surface area contributed by atoms with Crippen molar-refractivity contribution in [3.05, 3.63) is 36.3 Å². The fourth-order valence-corrected chi connectivity index (χ4v) is 3.03. The molecule has 100 valence electrons. The van der Waals surface area contributed by atoms with Gasteiger partial charge in [-0.1, -0.05) is 0 Å². The van der Waals surface area contributed by atoms with Crippen LogP contribution < -0.4 is 0 Å². The summed E-state index contributed by atoms with van der Waals surface area (Å²) in [7, 11) is 0. The van der Waals surface area contributed by atoms with E-state index in [2.05, 4.69) is 15.0 Å². The summed E-state index contributed by atoms with van der Waals surface area (Å²) in [5.74, 6) is -0.626. The van der Waals surface area contributed by atoms with Crippen molar-refractivity contribution in [3.63, 3.8) is 0 Å². The lowest BCUT2D eigenvalue weighted by atomic mass is 9.71. The van der Waals surface area contributed by atoms with Crippen molar-refractivity contribution >= 4 is 27.9 Å². The first-order chi connectivity index (χ1) is 9.74. The van der Waals surface area contributed by atoms with Crippen LogP contribution in [-0.2, 0) is 4.79 Å². The van der Waals surface area contributed by atoms with Crippen LogP contribution in [0.4, 0.5) is 0 Å². The van der Waals surface area contributed by atoms with Gasteiger partial charge in [0, 0.05) is 29.4 Å². The standard InChI is InChI=1S/C15H13N3O2/c19-15(20)10-4-9(5-10)11-7-18-14-12(11)13-8(6-17-14)2-1-3-16-13/h1-3,6-7,9-10,16H,4-5H2,(H,19,20). The maximum Gasteiger partial charge on any atom is 0.306 e. The molecule has 1 saturated carbocycles. The zero-order valence-electron chi connectivity index (χ0n) is 10.7. The van der Waals surface area contributed by atoms with Gasteiger partial charge in [0.15, 0.2) is 5.65 Å². The van der Waals surface area contributed by atoms with Gasteiger partial charge in [0.05, 0.1) is 11.4 Å². The maximum atomic E-state index is 10.9. The van der Waals surface area contributed by atoms with Crippen molar-refractivity contribution in [2.45, 2.75) is 18.8 Å². The van der Waals surface area contributed by atoms with Gasteiger partial charge >= 0.3 is 5.97 Å². The summed E-state index contributed by atoms with van der Waals surface area (Å²) < 4.78 is 0. The van der Waals surface area contributed by atoms with E-state index in [4.69, 9.17) is 5.11 Å². The number of carboxylic acids is 1. The molecule has 1 aliphatic rings. The summed E-state index contributed by atoms with van der Waals surface area (Å²) in [5, 5.41) is 11.1. The molecule has 0 atom stereocenters. The van der Waals surface area contributed by atoms with Gasteiger partial charge in [-0.05, 0) is 36.5 Å². The smallest absolute Gasteiger partial charge is 0.306 e. The van der Waals surface area contributed by atoms with Crippen molar-refractivity contribution in [2.24, 2.45) is 5.92 Å². The Morgan fingerprint density at radius 3 is 2.90 bits per heavy atom. The summed E-state index contributed by atoms with van der Waals surface area (Å²) in [6, 6.07) is 3.95. The fourth-order valence-electron chi connectivity index (χ4n) is 3.03. The Labute approximate surface area is 114 Å². The van der Waals surface area contributed by atoms with E-state index in [-0.39, 0.29) is 11.8 Å². The Bertz CT molecular complexity index is 818. The quantitative estimate of drug-likeness (QED) is 0.748. The van der Waals surface area contributed by atoms with Gasteiger partial charge in [0.1, 0.15) is 0 Å². The Morgan fingerprint density at radius 1 is 1.30 bits per heavy atom. The van der Waals surface area contributed by atoms with Crippen LogP contribution >= 0.6 is 0 Å². The Kier molecular flexibility index (Phi) is 2.30. The third-order valence-electron chi connectivity index (χ3n) is 4.23. The van der Waals surface area contributed by atoms with Crippen LogP contribution in [0.5, 0.6) is 0 Å². The topological polar surface area (TPSA) is 78.9 Å². The first-order valence-electron chi connectivity index (χ1n) is 6.67. The number of hydrogen-bond donors (Lipinski definition) is 2. The van der Waals surface area contributed by atoms with Crippen molar-refractivity contribution in [1.29, 1.82) is 0 Å². The number of nitrogens with zero attached hydrogens (tertiary/aromatic N) is 2. The number of H-pyrrole nitrogens is 1. The second-order valence-corrected chi connectivity index (χ2v) is 5.37. The molecular formula is C15H13N3O2. The summed E-state index contributed by atoms with van der Waals surface area (Å²) in [6.07, 6.45) is 6.94. The number of nitrogens with one attached hydrogen (secondary N) is 1. The van der Waals surface area contributed by atoms with Crippen molar-refractivity contribution in [3.8, 4) is 0 Å². The highest BCUT2D eigenvalue weighted by molar-refractivity contribution is 6.04. The van der Waals surface area contributed by atoms with Gasteiger partial charge in [-0.3, -0.25) is 4.79 Å². The van der Waals surface area contributed by atoms with E-state index in [0.29, 0.717) is 12.8 Å². The highest BCUT2D eigenvalue weighted by atomic mass is 16.4. The van der Waals surface area contributed by atoms with Crippen LogP contribution in [0, 0.1) is 5.92 Å². The summed E-state index contributed by atoms with van der Waals surface area (Å²) >= 11 is 0. The number of rotatable bonds is 2. The van der Waals surface area contributed by atoms with Gasteiger partial charge in [-0.15, -0.1) is 0 Å². The molecule has 0 aliphatic heterocycles. The molecule has 4 rings (SSSR count). The zero-order chi connectivity index (χ0) is 13.7. The van der Waals surface area contributed by atoms with Gasteiger partial charge in [-0.25, -0.2) is 9.97 Å². The molecule has 0 aromatic carbocycles. The first kappa shape index (κ1) is 11.4. The van der Waals surface area contributed by atoms with Crippen LogP contribution in [0.15, 0.2) is 30.7 Å².